The summed E-state index contributed by atoms with van der Waals surface area (Å²) in [6.45, 7) is 3.93. The van der Waals surface area contributed by atoms with Crippen molar-refractivity contribution in [2.75, 3.05) is 12.4 Å². The van der Waals surface area contributed by atoms with E-state index in [4.69, 9.17) is 4.74 Å². The molecule has 3 rings (SSSR count). The Labute approximate surface area is 137 Å². The number of hydrogen-bond donors (Lipinski definition) is 2. The van der Waals surface area contributed by atoms with Gasteiger partial charge in [-0.05, 0) is 32.0 Å². The van der Waals surface area contributed by atoms with Gasteiger partial charge in [0.25, 0.3) is 0 Å². The van der Waals surface area contributed by atoms with Gasteiger partial charge >= 0.3 is 0 Å². The lowest BCUT2D eigenvalue weighted by Crippen LogP contribution is -1.98. The van der Waals surface area contributed by atoms with E-state index in [0.29, 0.717) is 17.4 Å². The van der Waals surface area contributed by atoms with Crippen molar-refractivity contribution in [3.63, 3.8) is 0 Å². The van der Waals surface area contributed by atoms with Crippen LogP contribution in [0.1, 0.15) is 10.7 Å². The van der Waals surface area contributed by atoms with Gasteiger partial charge < -0.3 is 15.2 Å². The highest BCUT2D eigenvalue weighted by molar-refractivity contribution is 7.15. The number of aromatic hydroxyl groups is 1. The molecule has 3 aromatic rings. The summed E-state index contributed by atoms with van der Waals surface area (Å²) in [6, 6.07) is 6.84. The molecule has 0 aliphatic heterocycles. The standard InChI is InChI=1S/C16H16N4O2S/c1-9-15(23-10(2)18-9)13-6-7-17-16(20-13)19-12-5-4-11(22-3)8-14(12)21/h4-8,21H,1-3H3,(H,17,19,20). The molecule has 0 aliphatic rings. The number of aryl methyl sites for hydroxylation is 2. The molecule has 0 bridgehead atoms. The molecule has 2 aromatic heterocycles. The first-order valence-corrected chi connectivity index (χ1v) is 7.80. The zero-order valence-electron chi connectivity index (χ0n) is 13.0. The molecule has 2 N–H and O–H groups in total. The topological polar surface area (TPSA) is 80.2 Å². The number of thiazole rings is 1. The maximum atomic E-state index is 10.0. The molecule has 0 spiro atoms. The molecule has 2 heterocycles. The summed E-state index contributed by atoms with van der Waals surface area (Å²) in [4.78, 5) is 14.1. The molecule has 0 unspecified atom stereocenters. The molecule has 7 heteroatoms. The van der Waals surface area contributed by atoms with Crippen LogP contribution in [0.5, 0.6) is 11.5 Å². The highest BCUT2D eigenvalue weighted by Crippen LogP contribution is 2.31. The molecule has 0 radical (unpaired) electrons. The summed E-state index contributed by atoms with van der Waals surface area (Å²) >= 11 is 1.60. The highest BCUT2D eigenvalue weighted by atomic mass is 32.1. The van der Waals surface area contributed by atoms with Crippen LogP contribution in [-0.2, 0) is 0 Å². The van der Waals surface area contributed by atoms with Gasteiger partial charge in [0.1, 0.15) is 11.5 Å². The first kappa shape index (κ1) is 15.2. The fourth-order valence-electron chi connectivity index (χ4n) is 2.18. The van der Waals surface area contributed by atoms with Gasteiger partial charge in [-0.1, -0.05) is 0 Å². The fourth-order valence-corrected chi connectivity index (χ4v) is 3.07. The average molecular weight is 328 g/mol. The van der Waals surface area contributed by atoms with E-state index in [0.717, 1.165) is 21.3 Å². The van der Waals surface area contributed by atoms with Crippen LogP contribution in [0, 0.1) is 13.8 Å². The van der Waals surface area contributed by atoms with Gasteiger partial charge in [-0.2, -0.15) is 0 Å². The number of methoxy groups -OCH3 is 1. The number of benzene rings is 1. The molecule has 0 saturated carbocycles. The van der Waals surface area contributed by atoms with Crippen molar-refractivity contribution in [1.82, 2.24) is 15.0 Å². The Balaban J connectivity index is 1.90. The summed E-state index contributed by atoms with van der Waals surface area (Å²) in [6.07, 6.45) is 1.68. The van der Waals surface area contributed by atoms with Crippen LogP contribution >= 0.6 is 11.3 Å². The van der Waals surface area contributed by atoms with Gasteiger partial charge in [-0.25, -0.2) is 15.0 Å². The number of aromatic nitrogens is 3. The van der Waals surface area contributed by atoms with Crippen molar-refractivity contribution < 1.29 is 9.84 Å². The maximum absolute atomic E-state index is 10.0. The van der Waals surface area contributed by atoms with Crippen molar-refractivity contribution in [3.05, 3.63) is 41.2 Å². The minimum atomic E-state index is 0.0724. The summed E-state index contributed by atoms with van der Waals surface area (Å²) in [5.74, 6) is 1.06. The minimum absolute atomic E-state index is 0.0724. The predicted octanol–water partition coefficient (Wildman–Crippen LogP) is 3.67. The van der Waals surface area contributed by atoms with Crippen LogP contribution in [-0.4, -0.2) is 27.2 Å². The second-order valence-electron chi connectivity index (χ2n) is 4.92. The van der Waals surface area contributed by atoms with Gasteiger partial charge in [-0.15, -0.1) is 11.3 Å². The van der Waals surface area contributed by atoms with Crippen LogP contribution in [0.2, 0.25) is 0 Å². The Kier molecular flexibility index (Phi) is 4.12. The molecule has 118 valence electrons. The molecule has 0 saturated heterocycles. The van der Waals surface area contributed by atoms with Gasteiger partial charge in [0, 0.05) is 12.3 Å². The number of phenols is 1. The van der Waals surface area contributed by atoms with Gasteiger partial charge in [0.05, 0.1) is 34.1 Å². The lowest BCUT2D eigenvalue weighted by Gasteiger charge is -2.09. The van der Waals surface area contributed by atoms with E-state index in [1.54, 1.807) is 36.8 Å². The van der Waals surface area contributed by atoms with E-state index in [2.05, 4.69) is 20.3 Å². The number of phenolic OH excluding ortho intramolecular Hbond substituents is 1. The number of hydrogen-bond acceptors (Lipinski definition) is 7. The number of nitrogens with one attached hydrogen (secondary N) is 1. The SMILES string of the molecule is COc1ccc(Nc2nccc(-c3sc(C)nc3C)n2)c(O)c1. The fraction of sp³-hybridized carbons (Fsp3) is 0.188. The molecule has 0 aliphatic carbocycles. The second kappa shape index (κ2) is 6.21. The van der Waals surface area contributed by atoms with E-state index in [1.165, 1.54) is 6.07 Å². The summed E-state index contributed by atoms with van der Waals surface area (Å²) in [7, 11) is 1.55. The summed E-state index contributed by atoms with van der Waals surface area (Å²) in [5.41, 5.74) is 2.27. The summed E-state index contributed by atoms with van der Waals surface area (Å²) < 4.78 is 5.07. The molecule has 0 fully saturated rings. The molecular formula is C16H16N4O2S. The van der Waals surface area contributed by atoms with E-state index in [1.807, 2.05) is 19.9 Å². The van der Waals surface area contributed by atoms with Crippen LogP contribution in [0.25, 0.3) is 10.6 Å². The van der Waals surface area contributed by atoms with E-state index in [-0.39, 0.29) is 5.75 Å². The Bertz CT molecular complexity index is 848. The molecule has 6 nitrogen and oxygen atoms in total. The lowest BCUT2D eigenvalue weighted by atomic mass is 10.2. The first-order chi connectivity index (χ1) is 11.1. The summed E-state index contributed by atoms with van der Waals surface area (Å²) in [5, 5.41) is 14.0. The zero-order chi connectivity index (χ0) is 16.4. The molecule has 23 heavy (non-hydrogen) atoms. The monoisotopic (exact) mass is 328 g/mol. The molecule has 0 amide bonds. The third-order valence-electron chi connectivity index (χ3n) is 3.24. The lowest BCUT2D eigenvalue weighted by molar-refractivity contribution is 0.408. The normalized spacial score (nSPS) is 10.6. The Hall–Kier alpha value is -2.67. The van der Waals surface area contributed by atoms with Crippen LogP contribution in [0.15, 0.2) is 30.5 Å². The number of anilines is 2. The molecule has 0 atom stereocenters. The predicted molar refractivity (Wildman–Crippen MR) is 90.6 cm³/mol. The van der Waals surface area contributed by atoms with Crippen LogP contribution in [0.4, 0.5) is 11.6 Å². The Morgan fingerprint density at radius 2 is 2.00 bits per heavy atom. The minimum Gasteiger partial charge on any atom is -0.506 e. The number of rotatable bonds is 4. The van der Waals surface area contributed by atoms with Crippen molar-refractivity contribution >= 4 is 23.0 Å². The largest absolute Gasteiger partial charge is 0.506 e. The third-order valence-corrected chi connectivity index (χ3v) is 4.34. The highest BCUT2D eigenvalue weighted by Gasteiger charge is 2.11. The zero-order valence-corrected chi connectivity index (χ0v) is 13.8. The van der Waals surface area contributed by atoms with Crippen molar-refractivity contribution in [3.8, 4) is 22.1 Å². The number of nitrogens with zero attached hydrogens (tertiary/aromatic N) is 3. The van der Waals surface area contributed by atoms with Gasteiger partial charge in [0.15, 0.2) is 0 Å². The van der Waals surface area contributed by atoms with Gasteiger partial charge in [0.2, 0.25) is 5.95 Å². The number of ether oxygens (including phenoxy) is 1. The van der Waals surface area contributed by atoms with Crippen LogP contribution < -0.4 is 10.1 Å². The molecular weight excluding hydrogens is 312 g/mol. The van der Waals surface area contributed by atoms with E-state index in [9.17, 15) is 5.11 Å². The smallest absolute Gasteiger partial charge is 0.227 e. The van der Waals surface area contributed by atoms with Crippen LogP contribution in [0.3, 0.4) is 0 Å². The van der Waals surface area contributed by atoms with Gasteiger partial charge in [-0.3, -0.25) is 0 Å². The Morgan fingerprint density at radius 3 is 2.65 bits per heavy atom. The van der Waals surface area contributed by atoms with E-state index < -0.39 is 0 Å². The average Bonchev–Trinajstić information content (AvgIpc) is 2.88. The first-order valence-electron chi connectivity index (χ1n) is 6.98. The maximum Gasteiger partial charge on any atom is 0.227 e. The second-order valence-corrected chi connectivity index (χ2v) is 6.12. The van der Waals surface area contributed by atoms with Crippen molar-refractivity contribution in [2.45, 2.75) is 13.8 Å². The Morgan fingerprint density at radius 1 is 1.17 bits per heavy atom. The van der Waals surface area contributed by atoms with Crippen molar-refractivity contribution in [1.29, 1.82) is 0 Å². The van der Waals surface area contributed by atoms with E-state index >= 15 is 0 Å². The molecule has 1 aromatic carbocycles. The van der Waals surface area contributed by atoms with Crippen molar-refractivity contribution in [2.24, 2.45) is 0 Å². The quantitative estimate of drug-likeness (QED) is 0.711. The third kappa shape index (κ3) is 3.24.